The van der Waals surface area contributed by atoms with Crippen molar-refractivity contribution in [3.63, 3.8) is 0 Å². The van der Waals surface area contributed by atoms with E-state index in [4.69, 9.17) is 4.42 Å². The number of thioether (sulfide) groups is 1. The van der Waals surface area contributed by atoms with Gasteiger partial charge in [0.2, 0.25) is 0 Å². The molecule has 0 spiro atoms. The number of aromatic amines is 1. The molecule has 0 bridgehead atoms. The average Bonchev–Trinajstić information content (AvgIpc) is 3.45. The van der Waals surface area contributed by atoms with Gasteiger partial charge in [-0.1, -0.05) is 25.1 Å². The third kappa shape index (κ3) is 3.49. The molecule has 0 saturated heterocycles. The van der Waals surface area contributed by atoms with E-state index >= 15 is 0 Å². The maximum atomic E-state index is 12.4. The first kappa shape index (κ1) is 20.2. The average molecular weight is 430 g/mol. The molecule has 158 valence electrons. The Labute approximate surface area is 176 Å². The Morgan fingerprint density at radius 3 is 2.73 bits per heavy atom. The minimum Gasteiger partial charge on any atom is -0.461 e. The molecule has 0 radical (unpaired) electrons. The Balaban J connectivity index is 1.67. The van der Waals surface area contributed by atoms with E-state index in [2.05, 4.69) is 27.1 Å². The molecule has 10 nitrogen and oxygen atoms in total. The number of unbranched alkanes of at least 4 members (excludes halogenated alkanes) is 1. The van der Waals surface area contributed by atoms with Crippen LogP contribution in [-0.4, -0.2) is 33.9 Å². The molecule has 0 aliphatic carbocycles. The van der Waals surface area contributed by atoms with Gasteiger partial charge in [-0.2, -0.15) is 0 Å². The fourth-order valence-electron chi connectivity index (χ4n) is 3.34. The molecule has 1 N–H and O–H groups in total. The lowest BCUT2D eigenvalue weighted by Gasteiger charge is -2.06. The van der Waals surface area contributed by atoms with Gasteiger partial charge in [-0.15, -0.1) is 10.2 Å². The highest BCUT2D eigenvalue weighted by atomic mass is 32.2. The first-order chi connectivity index (χ1) is 14.5. The monoisotopic (exact) mass is 429 g/mol. The molecule has 4 rings (SSSR count). The fourth-order valence-corrected chi connectivity index (χ4v) is 4.33. The predicted molar refractivity (Wildman–Crippen MR) is 113 cm³/mol. The van der Waals surface area contributed by atoms with E-state index in [1.54, 1.807) is 17.9 Å². The predicted octanol–water partition coefficient (Wildman–Crippen LogP) is 2.39. The van der Waals surface area contributed by atoms with Gasteiger partial charge in [-0.05, 0) is 25.5 Å². The van der Waals surface area contributed by atoms with Crippen molar-refractivity contribution in [2.45, 2.75) is 50.7 Å². The van der Waals surface area contributed by atoms with E-state index in [-0.39, 0.29) is 0 Å². The molecule has 30 heavy (non-hydrogen) atoms. The summed E-state index contributed by atoms with van der Waals surface area (Å²) < 4.78 is 10.7. The molecule has 0 aliphatic heterocycles. The number of H-pyrrole nitrogens is 1. The lowest BCUT2D eigenvalue weighted by molar-refractivity contribution is 0.567. The summed E-state index contributed by atoms with van der Waals surface area (Å²) in [7, 11) is 1.79. The highest BCUT2D eigenvalue weighted by Crippen LogP contribution is 2.27. The Morgan fingerprint density at radius 2 is 2.03 bits per heavy atom. The molecule has 0 aromatic carbocycles. The van der Waals surface area contributed by atoms with Gasteiger partial charge in [0.05, 0.1) is 12.0 Å². The molecule has 4 heterocycles. The van der Waals surface area contributed by atoms with Gasteiger partial charge < -0.3 is 8.98 Å². The number of aromatic nitrogens is 7. The molecular weight excluding hydrogens is 406 g/mol. The van der Waals surface area contributed by atoms with Gasteiger partial charge in [0, 0.05) is 20.1 Å². The molecule has 0 unspecified atom stereocenters. The second kappa shape index (κ2) is 8.34. The van der Waals surface area contributed by atoms with Crippen molar-refractivity contribution in [2.24, 2.45) is 7.05 Å². The Bertz CT molecular complexity index is 1280. The molecule has 0 amide bonds. The molecular formula is C19H23N7O3S. The van der Waals surface area contributed by atoms with Crippen LogP contribution in [0.25, 0.3) is 22.7 Å². The summed E-state index contributed by atoms with van der Waals surface area (Å²) in [5.74, 6) is 2.48. The number of furan rings is 1. The van der Waals surface area contributed by atoms with Crippen molar-refractivity contribution in [3.05, 3.63) is 45.1 Å². The minimum atomic E-state index is -0.425. The summed E-state index contributed by atoms with van der Waals surface area (Å²) in [5.41, 5.74) is -0.0315. The zero-order valence-corrected chi connectivity index (χ0v) is 17.9. The van der Waals surface area contributed by atoms with E-state index in [1.807, 2.05) is 23.6 Å². The summed E-state index contributed by atoms with van der Waals surface area (Å²) in [4.78, 5) is 31.7. The van der Waals surface area contributed by atoms with Crippen LogP contribution in [0.15, 0.2) is 37.6 Å². The van der Waals surface area contributed by atoms with Crippen molar-refractivity contribution in [2.75, 3.05) is 0 Å². The van der Waals surface area contributed by atoms with E-state index in [0.717, 1.165) is 18.0 Å². The number of imidazole rings is 1. The zero-order valence-electron chi connectivity index (χ0n) is 17.1. The lowest BCUT2D eigenvalue weighted by Crippen LogP contribution is -2.31. The van der Waals surface area contributed by atoms with Gasteiger partial charge >= 0.3 is 5.69 Å². The second-order valence-corrected chi connectivity index (χ2v) is 7.78. The van der Waals surface area contributed by atoms with Crippen LogP contribution in [0.5, 0.6) is 0 Å². The van der Waals surface area contributed by atoms with Gasteiger partial charge in [-0.3, -0.25) is 18.9 Å². The quantitative estimate of drug-likeness (QED) is 0.427. The zero-order chi connectivity index (χ0) is 21.3. The summed E-state index contributed by atoms with van der Waals surface area (Å²) in [6, 6.07) is 3.66. The first-order valence-corrected chi connectivity index (χ1v) is 10.8. The molecule has 4 aromatic heterocycles. The lowest BCUT2D eigenvalue weighted by atomic mass is 10.3. The molecule has 11 heteroatoms. The van der Waals surface area contributed by atoms with E-state index in [0.29, 0.717) is 47.4 Å². The van der Waals surface area contributed by atoms with Crippen LogP contribution in [0.4, 0.5) is 0 Å². The number of hydrogen-bond acceptors (Lipinski definition) is 7. The van der Waals surface area contributed by atoms with Crippen LogP contribution in [0.1, 0.15) is 32.5 Å². The fraction of sp³-hybridized carbons (Fsp3) is 0.421. The molecule has 0 atom stereocenters. The Kier molecular flexibility index (Phi) is 5.62. The van der Waals surface area contributed by atoms with Crippen molar-refractivity contribution < 1.29 is 4.42 Å². The van der Waals surface area contributed by atoms with Gasteiger partial charge in [-0.25, -0.2) is 9.78 Å². The van der Waals surface area contributed by atoms with Crippen LogP contribution in [0.2, 0.25) is 0 Å². The molecule has 0 aliphatic rings. The second-order valence-electron chi connectivity index (χ2n) is 6.84. The summed E-state index contributed by atoms with van der Waals surface area (Å²) in [5, 5.41) is 9.27. The third-order valence-corrected chi connectivity index (χ3v) is 5.91. The smallest absolute Gasteiger partial charge is 0.330 e. The van der Waals surface area contributed by atoms with Crippen molar-refractivity contribution in [1.29, 1.82) is 0 Å². The van der Waals surface area contributed by atoms with E-state index < -0.39 is 11.2 Å². The largest absolute Gasteiger partial charge is 0.461 e. The number of nitrogens with zero attached hydrogens (tertiary/aromatic N) is 6. The number of fused-ring (bicyclic) bond motifs is 1. The Hall–Kier alpha value is -3.08. The van der Waals surface area contributed by atoms with Gasteiger partial charge in [0.15, 0.2) is 27.9 Å². The van der Waals surface area contributed by atoms with Crippen molar-refractivity contribution in [3.8, 4) is 11.6 Å². The number of hydrogen-bond donors (Lipinski definition) is 1. The van der Waals surface area contributed by atoms with Crippen LogP contribution < -0.4 is 11.2 Å². The maximum Gasteiger partial charge on any atom is 0.330 e. The van der Waals surface area contributed by atoms with Crippen molar-refractivity contribution in [1.82, 2.24) is 33.9 Å². The standard InChI is InChI=1S/C19H23N7O3S/c1-4-6-9-26-16-14(17(27)21-18(26)28)24(3)13(20-16)11-30-19-23-22-15(25(19)5-2)12-8-7-10-29-12/h7-8,10H,4-6,9,11H2,1-3H3,(H,21,27,28). The van der Waals surface area contributed by atoms with Gasteiger partial charge in [0.25, 0.3) is 5.56 Å². The van der Waals surface area contributed by atoms with E-state index in [9.17, 15) is 9.59 Å². The number of nitrogens with one attached hydrogen (secondary N) is 1. The highest BCUT2D eigenvalue weighted by molar-refractivity contribution is 7.98. The van der Waals surface area contributed by atoms with Crippen LogP contribution in [0.3, 0.4) is 0 Å². The molecule has 0 saturated carbocycles. The normalized spacial score (nSPS) is 11.6. The van der Waals surface area contributed by atoms with Crippen LogP contribution >= 0.6 is 11.8 Å². The maximum absolute atomic E-state index is 12.4. The minimum absolute atomic E-state index is 0.398. The molecule has 4 aromatic rings. The van der Waals surface area contributed by atoms with Crippen LogP contribution in [-0.2, 0) is 25.9 Å². The third-order valence-electron chi connectivity index (χ3n) is 4.95. The summed E-state index contributed by atoms with van der Waals surface area (Å²) in [6.07, 6.45) is 3.37. The van der Waals surface area contributed by atoms with Crippen LogP contribution in [0, 0.1) is 0 Å². The summed E-state index contributed by atoms with van der Waals surface area (Å²) >= 11 is 1.47. The summed E-state index contributed by atoms with van der Waals surface area (Å²) in [6.45, 7) is 5.27. The first-order valence-electron chi connectivity index (χ1n) is 9.83. The molecule has 0 fully saturated rings. The SMILES string of the molecule is CCCCn1c(=O)[nH]c(=O)c2c1nc(CSc1nnc(-c3ccco3)n1CC)n2C. The Morgan fingerprint density at radius 1 is 1.20 bits per heavy atom. The van der Waals surface area contributed by atoms with E-state index in [1.165, 1.54) is 16.3 Å². The number of rotatable bonds is 8. The topological polar surface area (TPSA) is 117 Å². The van der Waals surface area contributed by atoms with Crippen molar-refractivity contribution >= 4 is 22.9 Å². The van der Waals surface area contributed by atoms with Gasteiger partial charge in [0.1, 0.15) is 5.82 Å². The number of aryl methyl sites for hydroxylation is 2. The highest BCUT2D eigenvalue weighted by Gasteiger charge is 2.19.